The van der Waals surface area contributed by atoms with E-state index in [1.807, 2.05) is 41.0 Å². The Labute approximate surface area is 218 Å². The van der Waals surface area contributed by atoms with Gasteiger partial charge < -0.3 is 23.7 Å². The summed E-state index contributed by atoms with van der Waals surface area (Å²) in [6, 6.07) is 13.8. The van der Waals surface area contributed by atoms with Crippen molar-refractivity contribution in [2.75, 3.05) is 35.5 Å². The first-order valence-corrected chi connectivity index (χ1v) is 12.2. The van der Waals surface area contributed by atoms with Crippen molar-refractivity contribution >= 4 is 21.6 Å². The fourth-order valence-corrected chi connectivity index (χ4v) is 5.23. The first-order chi connectivity index (χ1) is 18.0. The van der Waals surface area contributed by atoms with Crippen molar-refractivity contribution < 1.29 is 23.7 Å². The van der Waals surface area contributed by atoms with Crippen LogP contribution in [0.1, 0.15) is 5.56 Å². The van der Waals surface area contributed by atoms with E-state index in [1.165, 1.54) is 0 Å². The summed E-state index contributed by atoms with van der Waals surface area (Å²) >= 11 is 1.60. The van der Waals surface area contributed by atoms with E-state index in [-0.39, 0.29) is 0 Å². The number of methoxy groups -OCH3 is 5. The molecule has 0 unspecified atom stereocenters. The van der Waals surface area contributed by atoms with Crippen LogP contribution in [0, 0.1) is 6.92 Å². The van der Waals surface area contributed by atoms with Crippen LogP contribution in [0.25, 0.3) is 37.9 Å². The molecule has 5 rings (SSSR count). The summed E-state index contributed by atoms with van der Waals surface area (Å²) in [5.74, 6) is 3.60. The van der Waals surface area contributed by atoms with Crippen molar-refractivity contribution in [3.05, 3.63) is 54.4 Å². The van der Waals surface area contributed by atoms with E-state index >= 15 is 0 Å². The van der Waals surface area contributed by atoms with Gasteiger partial charge in [0.25, 0.3) is 0 Å². The minimum Gasteiger partial charge on any atom is -0.493 e. The lowest BCUT2D eigenvalue weighted by atomic mass is 10.1. The molecule has 0 radical (unpaired) electrons. The Hall–Kier alpha value is -4.31. The molecule has 190 valence electrons. The maximum atomic E-state index is 5.52. The lowest BCUT2D eigenvalue weighted by Gasteiger charge is -2.15. The zero-order chi connectivity index (χ0) is 26.1. The molecule has 0 amide bonds. The molecule has 0 spiro atoms. The second-order valence-corrected chi connectivity index (χ2v) is 9.16. The summed E-state index contributed by atoms with van der Waals surface area (Å²) < 4.78 is 30.3. The van der Waals surface area contributed by atoms with E-state index in [4.69, 9.17) is 28.7 Å². The van der Waals surface area contributed by atoms with E-state index in [9.17, 15) is 0 Å². The fraction of sp³-hybridized carbons (Fsp3) is 0.222. The van der Waals surface area contributed by atoms with Crippen LogP contribution in [-0.2, 0) is 0 Å². The van der Waals surface area contributed by atoms with Gasteiger partial charge >= 0.3 is 0 Å². The summed E-state index contributed by atoms with van der Waals surface area (Å²) in [5.41, 5.74) is 4.65. The largest absolute Gasteiger partial charge is 0.493 e. The minimum absolute atomic E-state index is 0.520. The zero-order valence-electron chi connectivity index (χ0n) is 21.4. The molecule has 0 fully saturated rings. The van der Waals surface area contributed by atoms with E-state index in [0.717, 1.165) is 37.6 Å². The van der Waals surface area contributed by atoms with Gasteiger partial charge in [0.15, 0.2) is 28.8 Å². The van der Waals surface area contributed by atoms with Gasteiger partial charge in [-0.1, -0.05) is 0 Å². The van der Waals surface area contributed by atoms with Gasteiger partial charge in [-0.15, -0.1) is 21.5 Å². The molecule has 0 saturated heterocycles. The molecule has 37 heavy (non-hydrogen) atoms. The van der Waals surface area contributed by atoms with Gasteiger partial charge in [0.2, 0.25) is 5.75 Å². The average molecular weight is 519 g/mol. The Morgan fingerprint density at radius 1 is 0.730 bits per heavy atom. The summed E-state index contributed by atoms with van der Waals surface area (Å²) in [4.78, 5) is 4.83. The predicted octanol–water partition coefficient (Wildman–Crippen LogP) is 5.56. The molecular formula is C27H26N4O5S. The molecule has 2 heterocycles. The van der Waals surface area contributed by atoms with Gasteiger partial charge in [-0.2, -0.15) is 0 Å². The van der Waals surface area contributed by atoms with Crippen molar-refractivity contribution in [1.29, 1.82) is 0 Å². The molecule has 0 atom stereocenters. The Morgan fingerprint density at radius 2 is 1.41 bits per heavy atom. The number of rotatable bonds is 8. The van der Waals surface area contributed by atoms with Crippen LogP contribution in [-0.4, -0.2) is 55.3 Å². The van der Waals surface area contributed by atoms with Crippen LogP contribution in [0.2, 0.25) is 0 Å². The van der Waals surface area contributed by atoms with Crippen LogP contribution >= 0.6 is 11.3 Å². The van der Waals surface area contributed by atoms with E-state index in [0.29, 0.717) is 34.6 Å². The highest BCUT2D eigenvalue weighted by molar-refractivity contribution is 7.21. The average Bonchev–Trinajstić information content (AvgIpc) is 3.58. The zero-order valence-corrected chi connectivity index (χ0v) is 22.2. The normalized spacial score (nSPS) is 11.0. The van der Waals surface area contributed by atoms with Crippen molar-refractivity contribution in [1.82, 2.24) is 19.7 Å². The van der Waals surface area contributed by atoms with Crippen molar-refractivity contribution in [3.63, 3.8) is 0 Å². The van der Waals surface area contributed by atoms with E-state index in [2.05, 4.69) is 23.2 Å². The Balaban J connectivity index is 1.54. The number of ether oxygens (including phenoxy) is 5. The second-order valence-electron chi connectivity index (χ2n) is 8.13. The highest BCUT2D eigenvalue weighted by Crippen LogP contribution is 2.42. The van der Waals surface area contributed by atoms with Gasteiger partial charge in [0.1, 0.15) is 11.3 Å². The molecular weight excluding hydrogens is 492 g/mol. The molecule has 0 bridgehead atoms. The van der Waals surface area contributed by atoms with Crippen molar-refractivity contribution in [2.45, 2.75) is 6.92 Å². The van der Waals surface area contributed by atoms with Gasteiger partial charge in [-0.25, -0.2) is 4.98 Å². The summed E-state index contributed by atoms with van der Waals surface area (Å²) in [6.45, 7) is 2.05. The Bertz CT molecular complexity index is 1530. The lowest BCUT2D eigenvalue weighted by molar-refractivity contribution is 0.324. The number of hydrogen-bond donors (Lipinski definition) is 0. The van der Waals surface area contributed by atoms with Crippen LogP contribution in [0.4, 0.5) is 0 Å². The highest BCUT2D eigenvalue weighted by Gasteiger charge is 2.19. The third-order valence-electron chi connectivity index (χ3n) is 6.07. The monoisotopic (exact) mass is 518 g/mol. The van der Waals surface area contributed by atoms with Crippen LogP contribution in [0.5, 0.6) is 28.7 Å². The van der Waals surface area contributed by atoms with Crippen molar-refractivity contribution in [3.8, 4) is 56.4 Å². The van der Waals surface area contributed by atoms with E-state index < -0.39 is 0 Å². The quantitative estimate of drug-likeness (QED) is 0.264. The number of aromatic nitrogens is 4. The number of benzene rings is 3. The van der Waals surface area contributed by atoms with Gasteiger partial charge in [-0.05, 0) is 42.8 Å². The van der Waals surface area contributed by atoms with Gasteiger partial charge in [-0.3, -0.25) is 4.57 Å². The first kappa shape index (κ1) is 24.4. The van der Waals surface area contributed by atoms with Crippen LogP contribution in [0.15, 0.2) is 48.8 Å². The second kappa shape index (κ2) is 9.98. The predicted molar refractivity (Wildman–Crippen MR) is 143 cm³/mol. The molecule has 9 nitrogen and oxygen atoms in total. The summed E-state index contributed by atoms with van der Waals surface area (Å²) in [7, 11) is 8.00. The maximum absolute atomic E-state index is 5.52. The molecule has 10 heteroatoms. The molecule has 0 aliphatic heterocycles. The third-order valence-corrected chi connectivity index (χ3v) is 7.13. The number of aryl methyl sites for hydroxylation is 1. The first-order valence-electron chi connectivity index (χ1n) is 11.4. The number of hydrogen-bond acceptors (Lipinski definition) is 9. The van der Waals surface area contributed by atoms with Crippen molar-refractivity contribution in [2.24, 2.45) is 0 Å². The van der Waals surface area contributed by atoms with Gasteiger partial charge in [0.05, 0.1) is 51.5 Å². The van der Waals surface area contributed by atoms with Crippen LogP contribution in [0.3, 0.4) is 0 Å². The smallest absolute Gasteiger partial charge is 0.203 e. The molecule has 0 N–H and O–H groups in total. The number of fused-ring (bicyclic) bond motifs is 1. The van der Waals surface area contributed by atoms with Gasteiger partial charge in [0, 0.05) is 23.3 Å². The topological polar surface area (TPSA) is 89.8 Å². The highest BCUT2D eigenvalue weighted by atomic mass is 32.1. The number of thiazole rings is 1. The maximum Gasteiger partial charge on any atom is 0.203 e. The summed E-state index contributed by atoms with van der Waals surface area (Å²) in [6.07, 6.45) is 1.69. The standard InChI is InChI=1S/C27H26N4O5S/c1-15-9-16(27-29-18-12-20(32-2)21(33-3)13-24(18)37-27)7-8-19(15)31-14-28-30-26(31)17-10-22(34-4)25(36-6)23(11-17)35-5/h7-14H,1-6H3. The molecule has 0 aliphatic rings. The van der Waals surface area contributed by atoms with Crippen LogP contribution < -0.4 is 23.7 Å². The minimum atomic E-state index is 0.520. The summed E-state index contributed by atoms with van der Waals surface area (Å²) in [5, 5.41) is 9.47. The molecule has 3 aromatic carbocycles. The number of nitrogens with zero attached hydrogens (tertiary/aromatic N) is 4. The molecule has 5 aromatic rings. The van der Waals surface area contributed by atoms with E-state index in [1.54, 1.807) is 53.2 Å². The molecule has 0 aliphatic carbocycles. The lowest BCUT2D eigenvalue weighted by Crippen LogP contribution is -2.01. The molecule has 2 aromatic heterocycles. The Morgan fingerprint density at radius 3 is 2.03 bits per heavy atom. The third kappa shape index (κ3) is 4.29. The fourth-order valence-electron chi connectivity index (χ4n) is 4.26. The SMILES string of the molecule is COc1cc2nc(-c3ccc(-n4cnnc4-c4cc(OC)c(OC)c(OC)c4)c(C)c3)sc2cc1OC. The Kier molecular flexibility index (Phi) is 6.58. The molecule has 0 saturated carbocycles.